The van der Waals surface area contributed by atoms with Crippen molar-refractivity contribution in [2.24, 2.45) is 0 Å². The average Bonchev–Trinajstić information content (AvgIpc) is 2.70. The predicted molar refractivity (Wildman–Crippen MR) is 112 cm³/mol. The highest BCUT2D eigenvalue weighted by Gasteiger charge is 2.21. The Hall–Kier alpha value is -2.45. The summed E-state index contributed by atoms with van der Waals surface area (Å²) in [4.78, 5) is 12.3. The zero-order valence-corrected chi connectivity index (χ0v) is 17.8. The van der Waals surface area contributed by atoms with E-state index < -0.39 is 10.0 Å². The summed E-state index contributed by atoms with van der Waals surface area (Å²) in [6.45, 7) is 6.68. The smallest absolute Gasteiger partial charge is 0.315 e. The van der Waals surface area contributed by atoms with Crippen molar-refractivity contribution in [1.29, 1.82) is 0 Å². The lowest BCUT2D eigenvalue weighted by Crippen LogP contribution is -2.38. The van der Waals surface area contributed by atoms with Crippen LogP contribution in [-0.2, 0) is 16.4 Å². The number of nitrogens with zero attached hydrogens (tertiary/aromatic N) is 1. The Morgan fingerprint density at radius 3 is 2.17 bits per heavy atom. The van der Waals surface area contributed by atoms with Gasteiger partial charge in [0.1, 0.15) is 5.82 Å². The van der Waals surface area contributed by atoms with Crippen molar-refractivity contribution in [3.8, 4) is 0 Å². The molecule has 0 aliphatic carbocycles. The Bertz CT molecular complexity index is 896. The molecular weight excluding hydrogens is 393 g/mol. The van der Waals surface area contributed by atoms with E-state index in [1.165, 1.54) is 16.4 Å². The van der Waals surface area contributed by atoms with Crippen LogP contribution >= 0.6 is 0 Å². The molecular formula is C21H28FN3O3S. The number of sulfonamides is 1. The highest BCUT2D eigenvalue weighted by Crippen LogP contribution is 2.19. The van der Waals surface area contributed by atoms with E-state index in [9.17, 15) is 17.6 Å². The molecule has 0 spiro atoms. The first kappa shape index (κ1) is 22.8. The molecule has 158 valence electrons. The summed E-state index contributed by atoms with van der Waals surface area (Å²) in [7, 11) is -3.50. The molecule has 1 unspecified atom stereocenters. The number of carbonyl (C=O) groups excluding carboxylic acids is 1. The van der Waals surface area contributed by atoms with Gasteiger partial charge in [0.25, 0.3) is 0 Å². The number of carbonyl (C=O) groups is 1. The highest BCUT2D eigenvalue weighted by molar-refractivity contribution is 7.89. The number of hydrogen-bond donors (Lipinski definition) is 2. The fourth-order valence-corrected chi connectivity index (χ4v) is 4.40. The van der Waals surface area contributed by atoms with Gasteiger partial charge in [-0.1, -0.05) is 38.1 Å². The summed E-state index contributed by atoms with van der Waals surface area (Å²) < 4.78 is 39.4. The SMILES string of the molecule is CCN(CC)S(=O)(=O)c1ccc(C(C)NC(=O)NCCc2ccc(F)cc2)cc1. The first-order valence-electron chi connectivity index (χ1n) is 9.66. The molecule has 0 heterocycles. The van der Waals surface area contributed by atoms with Crippen molar-refractivity contribution in [2.75, 3.05) is 19.6 Å². The summed E-state index contributed by atoms with van der Waals surface area (Å²) in [6.07, 6.45) is 0.597. The maximum atomic E-state index is 12.9. The highest BCUT2D eigenvalue weighted by atomic mass is 32.2. The third-order valence-electron chi connectivity index (χ3n) is 4.68. The molecule has 2 N–H and O–H groups in total. The Labute approximate surface area is 172 Å². The van der Waals surface area contributed by atoms with E-state index in [2.05, 4.69) is 10.6 Å². The molecule has 0 saturated heterocycles. The van der Waals surface area contributed by atoms with Crippen LogP contribution in [0.5, 0.6) is 0 Å². The Balaban J connectivity index is 1.89. The predicted octanol–water partition coefficient (Wildman–Crippen LogP) is 3.46. The topological polar surface area (TPSA) is 78.5 Å². The summed E-state index contributed by atoms with van der Waals surface area (Å²) in [5.41, 5.74) is 1.74. The number of halogens is 1. The van der Waals surface area contributed by atoms with E-state index in [1.54, 1.807) is 50.2 Å². The fourth-order valence-electron chi connectivity index (χ4n) is 2.94. The van der Waals surface area contributed by atoms with Crippen LogP contribution in [0.25, 0.3) is 0 Å². The Morgan fingerprint density at radius 1 is 1.03 bits per heavy atom. The van der Waals surface area contributed by atoms with Crippen LogP contribution in [0.2, 0.25) is 0 Å². The van der Waals surface area contributed by atoms with E-state index in [4.69, 9.17) is 0 Å². The van der Waals surface area contributed by atoms with Gasteiger partial charge in [-0.05, 0) is 48.7 Å². The van der Waals surface area contributed by atoms with Crippen LogP contribution in [0.3, 0.4) is 0 Å². The number of benzene rings is 2. The second-order valence-electron chi connectivity index (χ2n) is 6.66. The van der Waals surface area contributed by atoms with Gasteiger partial charge < -0.3 is 10.6 Å². The van der Waals surface area contributed by atoms with Gasteiger partial charge in [-0.2, -0.15) is 4.31 Å². The molecule has 0 bridgehead atoms. The molecule has 1 atom stereocenters. The Kier molecular flexibility index (Phi) is 8.16. The molecule has 0 aliphatic heterocycles. The third kappa shape index (κ3) is 6.27. The van der Waals surface area contributed by atoms with Crippen LogP contribution in [-0.4, -0.2) is 38.4 Å². The lowest BCUT2D eigenvalue weighted by Gasteiger charge is -2.19. The lowest BCUT2D eigenvalue weighted by molar-refractivity contribution is 0.238. The second kappa shape index (κ2) is 10.4. The molecule has 8 heteroatoms. The second-order valence-corrected chi connectivity index (χ2v) is 8.59. The van der Waals surface area contributed by atoms with Gasteiger partial charge in [-0.25, -0.2) is 17.6 Å². The minimum atomic E-state index is -3.50. The largest absolute Gasteiger partial charge is 0.338 e. The fraction of sp³-hybridized carbons (Fsp3) is 0.381. The standard InChI is InChI=1S/C21H28FN3O3S/c1-4-25(5-2)29(27,28)20-12-8-18(9-13-20)16(3)24-21(26)23-15-14-17-6-10-19(22)11-7-17/h6-13,16H,4-5,14-15H2,1-3H3,(H2,23,24,26). The number of amides is 2. The van der Waals surface area contributed by atoms with Crippen LogP contribution in [0.1, 0.15) is 37.9 Å². The van der Waals surface area contributed by atoms with Crippen LogP contribution in [0, 0.1) is 5.82 Å². The van der Waals surface area contributed by atoms with Gasteiger partial charge in [-0.3, -0.25) is 0 Å². The van der Waals surface area contributed by atoms with Crippen molar-refractivity contribution in [3.63, 3.8) is 0 Å². The molecule has 0 saturated carbocycles. The van der Waals surface area contributed by atoms with Gasteiger partial charge in [0.15, 0.2) is 0 Å². The van der Waals surface area contributed by atoms with E-state index >= 15 is 0 Å². The van der Waals surface area contributed by atoms with Gasteiger partial charge in [0, 0.05) is 19.6 Å². The minimum absolute atomic E-state index is 0.237. The van der Waals surface area contributed by atoms with Gasteiger partial charge >= 0.3 is 6.03 Å². The molecule has 2 amide bonds. The lowest BCUT2D eigenvalue weighted by atomic mass is 10.1. The molecule has 0 aliphatic rings. The molecule has 2 rings (SSSR count). The van der Waals surface area contributed by atoms with E-state index in [-0.39, 0.29) is 22.8 Å². The molecule has 0 radical (unpaired) electrons. The monoisotopic (exact) mass is 421 g/mol. The van der Waals surface area contributed by atoms with Crippen molar-refractivity contribution < 1.29 is 17.6 Å². The van der Waals surface area contributed by atoms with Gasteiger partial charge in [-0.15, -0.1) is 0 Å². The summed E-state index contributed by atoms with van der Waals surface area (Å²) >= 11 is 0. The summed E-state index contributed by atoms with van der Waals surface area (Å²) in [6, 6.07) is 12.1. The zero-order valence-electron chi connectivity index (χ0n) is 17.0. The van der Waals surface area contributed by atoms with Gasteiger partial charge in [0.05, 0.1) is 10.9 Å². The number of rotatable bonds is 9. The van der Waals surface area contributed by atoms with Gasteiger partial charge in [0.2, 0.25) is 10.0 Å². The van der Waals surface area contributed by atoms with Crippen LogP contribution in [0.15, 0.2) is 53.4 Å². The third-order valence-corrected chi connectivity index (χ3v) is 6.75. The van der Waals surface area contributed by atoms with Crippen molar-refractivity contribution in [3.05, 3.63) is 65.5 Å². The molecule has 2 aromatic rings. The normalized spacial score (nSPS) is 12.6. The van der Waals surface area contributed by atoms with Crippen LogP contribution < -0.4 is 10.6 Å². The first-order valence-corrected chi connectivity index (χ1v) is 11.1. The van der Waals surface area contributed by atoms with Crippen molar-refractivity contribution in [1.82, 2.24) is 14.9 Å². The number of hydrogen-bond acceptors (Lipinski definition) is 3. The van der Waals surface area contributed by atoms with Crippen LogP contribution in [0.4, 0.5) is 9.18 Å². The van der Waals surface area contributed by atoms with Crippen molar-refractivity contribution >= 4 is 16.1 Å². The summed E-state index contributed by atoms with van der Waals surface area (Å²) in [5.74, 6) is -0.288. The van der Waals surface area contributed by atoms with Crippen molar-refractivity contribution in [2.45, 2.75) is 38.1 Å². The summed E-state index contributed by atoms with van der Waals surface area (Å²) in [5, 5.41) is 5.59. The maximum absolute atomic E-state index is 12.9. The quantitative estimate of drug-likeness (QED) is 0.651. The number of nitrogens with one attached hydrogen (secondary N) is 2. The molecule has 29 heavy (non-hydrogen) atoms. The maximum Gasteiger partial charge on any atom is 0.315 e. The first-order chi connectivity index (χ1) is 13.8. The average molecular weight is 422 g/mol. The zero-order chi connectivity index (χ0) is 21.4. The molecule has 0 aromatic heterocycles. The van der Waals surface area contributed by atoms with E-state index in [0.29, 0.717) is 26.1 Å². The molecule has 6 nitrogen and oxygen atoms in total. The molecule has 2 aromatic carbocycles. The van der Waals surface area contributed by atoms with E-state index in [1.807, 2.05) is 6.92 Å². The van der Waals surface area contributed by atoms with E-state index in [0.717, 1.165) is 11.1 Å². The number of urea groups is 1. The Morgan fingerprint density at radius 2 is 1.62 bits per heavy atom. The molecule has 0 fully saturated rings. The minimum Gasteiger partial charge on any atom is -0.338 e.